The zero-order chi connectivity index (χ0) is 16.4. The van der Waals surface area contributed by atoms with Gasteiger partial charge in [0.15, 0.2) is 11.5 Å². The van der Waals surface area contributed by atoms with Crippen LogP contribution in [0.2, 0.25) is 0 Å². The third-order valence-electron chi connectivity index (χ3n) is 4.23. The average Bonchev–Trinajstić information content (AvgIpc) is 3.10. The Kier molecular flexibility index (Phi) is 3.90. The summed E-state index contributed by atoms with van der Waals surface area (Å²) in [5, 5.41) is 3.09. The molecule has 1 aromatic heterocycles. The van der Waals surface area contributed by atoms with Gasteiger partial charge in [0.1, 0.15) is 0 Å². The molecular weight excluding hydrogens is 308 g/mol. The van der Waals surface area contributed by atoms with Gasteiger partial charge in [0.2, 0.25) is 12.7 Å². The lowest BCUT2D eigenvalue weighted by atomic mass is 10.1. The Hall–Kier alpha value is -2.83. The van der Waals surface area contributed by atoms with Crippen LogP contribution in [-0.2, 0) is 0 Å². The van der Waals surface area contributed by atoms with E-state index in [0.717, 1.165) is 19.4 Å². The van der Waals surface area contributed by atoms with Gasteiger partial charge < -0.3 is 19.7 Å². The number of hydrogen-bond donors (Lipinski definition) is 1. The maximum absolute atomic E-state index is 12.5. The molecule has 3 heterocycles. The van der Waals surface area contributed by atoms with Crippen molar-refractivity contribution < 1.29 is 14.3 Å². The predicted octanol–water partition coefficient (Wildman–Crippen LogP) is 1.60. The highest BCUT2D eigenvalue weighted by Gasteiger charge is 2.24. The number of amides is 1. The Morgan fingerprint density at radius 1 is 1.21 bits per heavy atom. The monoisotopic (exact) mass is 326 g/mol. The van der Waals surface area contributed by atoms with E-state index >= 15 is 0 Å². The molecule has 0 unspecified atom stereocenters. The zero-order valence-electron chi connectivity index (χ0n) is 13.1. The molecule has 1 fully saturated rings. The molecule has 4 rings (SSSR count). The van der Waals surface area contributed by atoms with Gasteiger partial charge in [-0.15, -0.1) is 0 Å². The molecule has 0 radical (unpaired) electrons. The molecule has 7 nitrogen and oxygen atoms in total. The van der Waals surface area contributed by atoms with Crippen LogP contribution < -0.4 is 19.7 Å². The summed E-state index contributed by atoms with van der Waals surface area (Å²) in [5.74, 6) is 1.90. The van der Waals surface area contributed by atoms with Crippen molar-refractivity contribution in [1.29, 1.82) is 0 Å². The molecule has 2 aliphatic rings. The Morgan fingerprint density at radius 3 is 2.92 bits per heavy atom. The van der Waals surface area contributed by atoms with E-state index in [0.29, 0.717) is 29.6 Å². The van der Waals surface area contributed by atoms with Crippen molar-refractivity contribution in [3.8, 4) is 11.5 Å². The van der Waals surface area contributed by atoms with Crippen LogP contribution in [0.4, 0.5) is 5.95 Å². The predicted molar refractivity (Wildman–Crippen MR) is 87.3 cm³/mol. The quantitative estimate of drug-likeness (QED) is 0.923. The molecule has 0 bridgehead atoms. The van der Waals surface area contributed by atoms with Crippen molar-refractivity contribution in [3.63, 3.8) is 0 Å². The molecule has 1 aromatic carbocycles. The first-order chi connectivity index (χ1) is 11.8. The van der Waals surface area contributed by atoms with Crippen molar-refractivity contribution >= 4 is 11.9 Å². The number of benzene rings is 1. The second-order valence-electron chi connectivity index (χ2n) is 5.88. The minimum Gasteiger partial charge on any atom is -0.454 e. The summed E-state index contributed by atoms with van der Waals surface area (Å²) >= 11 is 0. The molecule has 0 spiro atoms. The van der Waals surface area contributed by atoms with E-state index in [1.165, 1.54) is 0 Å². The number of rotatable bonds is 3. The number of carbonyl (C=O) groups is 1. The Morgan fingerprint density at radius 2 is 2.04 bits per heavy atom. The number of carbonyl (C=O) groups excluding carboxylic acids is 1. The van der Waals surface area contributed by atoms with Gasteiger partial charge in [-0.25, -0.2) is 9.97 Å². The smallest absolute Gasteiger partial charge is 0.251 e. The lowest BCUT2D eigenvalue weighted by Crippen LogP contribution is -2.48. The molecule has 2 aromatic rings. The number of nitrogens with zero attached hydrogens (tertiary/aromatic N) is 3. The number of aromatic nitrogens is 2. The summed E-state index contributed by atoms with van der Waals surface area (Å²) in [4.78, 5) is 23.2. The number of nitrogens with one attached hydrogen (secondary N) is 1. The van der Waals surface area contributed by atoms with Gasteiger partial charge in [0, 0.05) is 37.1 Å². The lowest BCUT2D eigenvalue weighted by molar-refractivity contribution is 0.0932. The zero-order valence-corrected chi connectivity index (χ0v) is 13.1. The summed E-state index contributed by atoms with van der Waals surface area (Å²) in [6, 6.07) is 7.11. The first-order valence-electron chi connectivity index (χ1n) is 8.02. The topological polar surface area (TPSA) is 76.6 Å². The molecule has 2 aliphatic heterocycles. The number of hydrogen-bond acceptors (Lipinski definition) is 6. The van der Waals surface area contributed by atoms with Crippen molar-refractivity contribution in [3.05, 3.63) is 42.2 Å². The molecule has 124 valence electrons. The van der Waals surface area contributed by atoms with Gasteiger partial charge in [-0.2, -0.15) is 0 Å². The lowest BCUT2D eigenvalue weighted by Gasteiger charge is -2.33. The molecule has 1 atom stereocenters. The maximum Gasteiger partial charge on any atom is 0.251 e. The highest BCUT2D eigenvalue weighted by Crippen LogP contribution is 2.32. The highest BCUT2D eigenvalue weighted by molar-refractivity contribution is 5.95. The summed E-state index contributed by atoms with van der Waals surface area (Å²) in [5.41, 5.74) is 0.576. The maximum atomic E-state index is 12.5. The van der Waals surface area contributed by atoms with E-state index in [9.17, 15) is 4.79 Å². The fourth-order valence-electron chi connectivity index (χ4n) is 3.04. The van der Waals surface area contributed by atoms with Crippen LogP contribution >= 0.6 is 0 Å². The highest BCUT2D eigenvalue weighted by atomic mass is 16.7. The summed E-state index contributed by atoms with van der Waals surface area (Å²) < 4.78 is 10.6. The van der Waals surface area contributed by atoms with Crippen molar-refractivity contribution in [2.45, 2.75) is 18.9 Å². The van der Waals surface area contributed by atoms with Crippen molar-refractivity contribution in [2.75, 3.05) is 24.8 Å². The second kappa shape index (κ2) is 6.35. The van der Waals surface area contributed by atoms with E-state index in [-0.39, 0.29) is 18.7 Å². The van der Waals surface area contributed by atoms with Crippen LogP contribution in [0, 0.1) is 0 Å². The van der Waals surface area contributed by atoms with Gasteiger partial charge >= 0.3 is 0 Å². The summed E-state index contributed by atoms with van der Waals surface area (Å²) in [6.07, 6.45) is 5.40. The van der Waals surface area contributed by atoms with Gasteiger partial charge in [0.05, 0.1) is 0 Å². The molecule has 0 saturated carbocycles. The van der Waals surface area contributed by atoms with Crippen molar-refractivity contribution in [2.24, 2.45) is 0 Å². The Balaban J connectivity index is 1.42. The summed E-state index contributed by atoms with van der Waals surface area (Å²) in [7, 11) is 0. The molecular formula is C17H18N4O3. The van der Waals surface area contributed by atoms with E-state index in [4.69, 9.17) is 9.47 Å². The van der Waals surface area contributed by atoms with Gasteiger partial charge in [-0.1, -0.05) is 0 Å². The Bertz CT molecular complexity index is 738. The first-order valence-corrected chi connectivity index (χ1v) is 8.02. The third kappa shape index (κ3) is 2.97. The van der Waals surface area contributed by atoms with Crippen LogP contribution in [0.15, 0.2) is 36.7 Å². The van der Waals surface area contributed by atoms with Gasteiger partial charge in [0.25, 0.3) is 5.91 Å². The van der Waals surface area contributed by atoms with E-state index in [1.807, 2.05) is 0 Å². The molecule has 1 N–H and O–H groups in total. The fraction of sp³-hybridized carbons (Fsp3) is 0.353. The van der Waals surface area contributed by atoms with E-state index < -0.39 is 0 Å². The normalized spacial score (nSPS) is 19.2. The number of anilines is 1. The van der Waals surface area contributed by atoms with Crippen LogP contribution in [-0.4, -0.2) is 41.8 Å². The summed E-state index contributed by atoms with van der Waals surface area (Å²) in [6.45, 7) is 1.82. The van der Waals surface area contributed by atoms with Gasteiger partial charge in [-0.05, 0) is 37.1 Å². The molecule has 7 heteroatoms. The number of ether oxygens (including phenoxy) is 2. The third-order valence-corrected chi connectivity index (χ3v) is 4.23. The van der Waals surface area contributed by atoms with E-state index in [2.05, 4.69) is 20.2 Å². The Labute approximate surface area is 139 Å². The van der Waals surface area contributed by atoms with Crippen LogP contribution in [0.25, 0.3) is 0 Å². The van der Waals surface area contributed by atoms with E-state index in [1.54, 1.807) is 36.7 Å². The number of fused-ring (bicyclic) bond motifs is 1. The largest absolute Gasteiger partial charge is 0.454 e. The molecule has 1 saturated heterocycles. The minimum atomic E-state index is -0.103. The van der Waals surface area contributed by atoms with Crippen molar-refractivity contribution in [1.82, 2.24) is 15.3 Å². The molecule has 24 heavy (non-hydrogen) atoms. The fourth-order valence-corrected chi connectivity index (χ4v) is 3.04. The van der Waals surface area contributed by atoms with Crippen LogP contribution in [0.3, 0.4) is 0 Å². The van der Waals surface area contributed by atoms with Crippen LogP contribution in [0.1, 0.15) is 23.2 Å². The molecule has 0 aliphatic carbocycles. The number of piperidine rings is 1. The standard InChI is InChI=1S/C17H18N4O3/c22-16(12-4-5-14-15(9-12)24-11-23-14)20-13-3-1-8-21(10-13)17-18-6-2-7-19-17/h2,4-7,9,13H,1,3,8,10-11H2,(H,20,22)/t13-/m1/s1. The van der Waals surface area contributed by atoms with Gasteiger partial charge in [-0.3, -0.25) is 4.79 Å². The second-order valence-corrected chi connectivity index (χ2v) is 5.88. The SMILES string of the molecule is O=C(N[C@@H]1CCCN(c2ncccn2)C1)c1ccc2c(c1)OCO2. The van der Waals surface area contributed by atoms with Crippen LogP contribution in [0.5, 0.6) is 11.5 Å². The molecule has 1 amide bonds. The average molecular weight is 326 g/mol. The minimum absolute atomic E-state index is 0.0699. The first kappa shape index (κ1) is 14.7.